The van der Waals surface area contributed by atoms with Crippen molar-refractivity contribution in [1.29, 1.82) is 0 Å². The molecule has 0 unspecified atom stereocenters. The van der Waals surface area contributed by atoms with Crippen LogP contribution in [0.5, 0.6) is 5.75 Å². The van der Waals surface area contributed by atoms with E-state index in [1.54, 1.807) is 34.9 Å². The third-order valence-electron chi connectivity index (χ3n) is 5.14. The summed E-state index contributed by atoms with van der Waals surface area (Å²) in [7, 11) is 0. The molecule has 0 radical (unpaired) electrons. The summed E-state index contributed by atoms with van der Waals surface area (Å²) < 4.78 is 7.50. The molecule has 0 atom stereocenters. The number of ether oxygens (including phenoxy) is 1. The van der Waals surface area contributed by atoms with E-state index in [1.165, 1.54) is 0 Å². The molecule has 4 rings (SSSR count). The van der Waals surface area contributed by atoms with Gasteiger partial charge in [-0.25, -0.2) is 4.98 Å². The summed E-state index contributed by atoms with van der Waals surface area (Å²) in [5.74, 6) is 1.23. The Morgan fingerprint density at radius 2 is 1.59 bits per heavy atom. The van der Waals surface area contributed by atoms with Crippen molar-refractivity contribution in [2.75, 3.05) is 6.61 Å². The van der Waals surface area contributed by atoms with Gasteiger partial charge in [0.05, 0.1) is 22.5 Å². The van der Waals surface area contributed by atoms with E-state index in [9.17, 15) is 4.79 Å². The molecule has 0 spiro atoms. The molecule has 0 aliphatic rings. The number of aromatic nitrogens is 2. The second-order valence-corrected chi connectivity index (χ2v) is 8.68. The molecule has 1 heterocycles. The predicted octanol–water partition coefficient (Wildman–Crippen LogP) is 7.27. The van der Waals surface area contributed by atoms with Crippen LogP contribution in [0.3, 0.4) is 0 Å². The lowest BCUT2D eigenvalue weighted by molar-refractivity contribution is 0.304. The molecule has 0 N–H and O–H groups in total. The molecule has 4 nitrogen and oxygen atoms in total. The first-order valence-corrected chi connectivity index (χ1v) is 11.5. The van der Waals surface area contributed by atoms with Gasteiger partial charge in [-0.2, -0.15) is 0 Å². The van der Waals surface area contributed by atoms with E-state index in [1.807, 2.05) is 36.4 Å². The van der Waals surface area contributed by atoms with Crippen molar-refractivity contribution in [3.05, 3.63) is 92.2 Å². The van der Waals surface area contributed by atoms with E-state index in [0.29, 0.717) is 50.7 Å². The zero-order valence-corrected chi connectivity index (χ0v) is 19.5. The van der Waals surface area contributed by atoms with Crippen molar-refractivity contribution in [3.63, 3.8) is 0 Å². The number of benzene rings is 3. The minimum atomic E-state index is -0.0393. The maximum Gasteiger partial charge on any atom is 0.261 e. The Morgan fingerprint density at radius 3 is 2.41 bits per heavy atom. The van der Waals surface area contributed by atoms with E-state index >= 15 is 0 Å². The fraction of sp³-hybridized carbons (Fsp3) is 0.200. The van der Waals surface area contributed by atoms with Gasteiger partial charge in [0, 0.05) is 28.2 Å². The number of unbranched alkanes of at least 4 members (excludes halogenated alkanes) is 2. The monoisotopic (exact) mass is 486 g/mol. The molecule has 0 amide bonds. The topological polar surface area (TPSA) is 44.1 Å². The molecule has 3 aromatic carbocycles. The summed E-state index contributed by atoms with van der Waals surface area (Å²) >= 11 is 18.2. The second-order valence-electron chi connectivity index (χ2n) is 7.40. The van der Waals surface area contributed by atoms with Gasteiger partial charge in [0.1, 0.15) is 11.6 Å². The SMILES string of the molecule is O=c1c2ccccc2nc(-c2ccc(Cl)cc2)n1CCCCCOc1cc(Cl)ccc1Cl. The van der Waals surface area contributed by atoms with Crippen molar-refractivity contribution in [1.82, 2.24) is 9.55 Å². The molecule has 1 aromatic heterocycles. The number of nitrogens with zero attached hydrogens (tertiary/aromatic N) is 2. The van der Waals surface area contributed by atoms with Crippen LogP contribution in [0.4, 0.5) is 0 Å². The quantitative estimate of drug-likeness (QED) is 0.245. The highest BCUT2D eigenvalue weighted by Crippen LogP contribution is 2.28. The zero-order chi connectivity index (χ0) is 22.5. The van der Waals surface area contributed by atoms with Crippen molar-refractivity contribution in [2.24, 2.45) is 0 Å². The fourth-order valence-corrected chi connectivity index (χ4v) is 3.97. The van der Waals surface area contributed by atoms with Gasteiger partial charge in [-0.15, -0.1) is 0 Å². The first-order chi connectivity index (χ1) is 15.5. The average Bonchev–Trinajstić information content (AvgIpc) is 2.80. The molecule has 32 heavy (non-hydrogen) atoms. The van der Waals surface area contributed by atoms with Crippen molar-refractivity contribution < 1.29 is 4.74 Å². The smallest absolute Gasteiger partial charge is 0.261 e. The highest BCUT2D eigenvalue weighted by atomic mass is 35.5. The average molecular weight is 488 g/mol. The minimum absolute atomic E-state index is 0.0393. The predicted molar refractivity (Wildman–Crippen MR) is 132 cm³/mol. The van der Waals surface area contributed by atoms with Gasteiger partial charge in [-0.1, -0.05) is 46.9 Å². The molecule has 0 saturated carbocycles. The summed E-state index contributed by atoms with van der Waals surface area (Å²) in [5.41, 5.74) is 1.50. The second kappa shape index (κ2) is 10.4. The van der Waals surface area contributed by atoms with Gasteiger partial charge < -0.3 is 4.74 Å². The third kappa shape index (κ3) is 5.26. The highest BCUT2D eigenvalue weighted by molar-refractivity contribution is 6.34. The summed E-state index contributed by atoms with van der Waals surface area (Å²) in [6.07, 6.45) is 2.53. The number of para-hydroxylation sites is 1. The van der Waals surface area contributed by atoms with Crippen LogP contribution >= 0.6 is 34.8 Å². The molecule has 0 saturated heterocycles. The lowest BCUT2D eigenvalue weighted by Crippen LogP contribution is -2.23. The van der Waals surface area contributed by atoms with E-state index in [4.69, 9.17) is 44.5 Å². The van der Waals surface area contributed by atoms with E-state index in [2.05, 4.69) is 0 Å². The molecule has 0 bridgehead atoms. The Bertz CT molecular complexity index is 1290. The summed E-state index contributed by atoms with van der Waals surface area (Å²) in [6.45, 7) is 1.08. The molecular formula is C25H21Cl3N2O2. The molecular weight excluding hydrogens is 467 g/mol. The van der Waals surface area contributed by atoms with Gasteiger partial charge in [0.25, 0.3) is 5.56 Å². The number of rotatable bonds is 8. The maximum atomic E-state index is 13.2. The Kier molecular flexibility index (Phi) is 7.36. The molecule has 7 heteroatoms. The van der Waals surface area contributed by atoms with Crippen LogP contribution in [0.2, 0.25) is 15.1 Å². The number of fused-ring (bicyclic) bond motifs is 1. The van der Waals surface area contributed by atoms with Gasteiger partial charge in [-0.3, -0.25) is 9.36 Å². The van der Waals surface area contributed by atoms with Gasteiger partial charge in [0.15, 0.2) is 0 Å². The summed E-state index contributed by atoms with van der Waals surface area (Å²) in [5, 5.41) is 2.38. The normalized spacial score (nSPS) is 11.1. The molecule has 4 aromatic rings. The van der Waals surface area contributed by atoms with Crippen LogP contribution in [-0.2, 0) is 6.54 Å². The van der Waals surface area contributed by atoms with E-state index in [0.717, 1.165) is 24.8 Å². The third-order valence-corrected chi connectivity index (χ3v) is 5.94. The first-order valence-electron chi connectivity index (χ1n) is 10.4. The van der Waals surface area contributed by atoms with Crippen LogP contribution in [0, 0.1) is 0 Å². The van der Waals surface area contributed by atoms with Crippen LogP contribution in [0.25, 0.3) is 22.3 Å². The van der Waals surface area contributed by atoms with Crippen molar-refractivity contribution in [2.45, 2.75) is 25.8 Å². The molecule has 164 valence electrons. The van der Waals surface area contributed by atoms with E-state index in [-0.39, 0.29) is 5.56 Å². The Hall–Kier alpha value is -2.53. The Labute approximate surface area is 201 Å². The van der Waals surface area contributed by atoms with Crippen molar-refractivity contribution in [3.8, 4) is 17.1 Å². The lowest BCUT2D eigenvalue weighted by atomic mass is 10.1. The number of hydrogen-bond donors (Lipinski definition) is 0. The number of halogens is 3. The van der Waals surface area contributed by atoms with Gasteiger partial charge in [0.2, 0.25) is 0 Å². The van der Waals surface area contributed by atoms with Gasteiger partial charge in [-0.05, 0) is 67.8 Å². The maximum absolute atomic E-state index is 13.2. The lowest BCUT2D eigenvalue weighted by Gasteiger charge is -2.14. The molecule has 0 aliphatic carbocycles. The van der Waals surface area contributed by atoms with Crippen LogP contribution in [-0.4, -0.2) is 16.2 Å². The fourth-order valence-electron chi connectivity index (χ4n) is 3.51. The zero-order valence-electron chi connectivity index (χ0n) is 17.2. The summed E-state index contributed by atoms with van der Waals surface area (Å²) in [6, 6.07) is 20.0. The molecule has 0 aliphatic heterocycles. The van der Waals surface area contributed by atoms with Crippen LogP contribution < -0.4 is 10.3 Å². The van der Waals surface area contributed by atoms with Crippen LogP contribution in [0.15, 0.2) is 71.5 Å². The van der Waals surface area contributed by atoms with Gasteiger partial charge >= 0.3 is 0 Å². The Morgan fingerprint density at radius 1 is 0.844 bits per heavy atom. The largest absolute Gasteiger partial charge is 0.492 e. The highest BCUT2D eigenvalue weighted by Gasteiger charge is 2.12. The molecule has 0 fully saturated rings. The van der Waals surface area contributed by atoms with Crippen LogP contribution in [0.1, 0.15) is 19.3 Å². The summed E-state index contributed by atoms with van der Waals surface area (Å²) in [4.78, 5) is 18.0. The standard InChI is InChI=1S/C25H21Cl3N2O2/c26-18-10-8-17(9-11-18)24-29-22-7-3-2-6-20(22)25(31)30(24)14-4-1-5-15-32-23-16-19(27)12-13-21(23)28/h2-3,6-13,16H,1,4-5,14-15H2. The van der Waals surface area contributed by atoms with E-state index < -0.39 is 0 Å². The minimum Gasteiger partial charge on any atom is -0.492 e. The first kappa shape index (κ1) is 22.7. The van der Waals surface area contributed by atoms with Crippen molar-refractivity contribution >= 4 is 45.7 Å². The number of hydrogen-bond acceptors (Lipinski definition) is 3. The Balaban J connectivity index is 1.46.